The van der Waals surface area contributed by atoms with Crippen LogP contribution in [0.25, 0.3) is 22.0 Å². The second-order valence-electron chi connectivity index (χ2n) is 7.37. The summed E-state index contributed by atoms with van der Waals surface area (Å²) in [5.74, 6) is -1.18. The minimum absolute atomic E-state index is 0.0669. The molecule has 0 saturated carbocycles. The molecule has 0 saturated heterocycles. The van der Waals surface area contributed by atoms with E-state index in [9.17, 15) is 24.8 Å². The van der Waals surface area contributed by atoms with Crippen LogP contribution in [0.2, 0.25) is 0 Å². The summed E-state index contributed by atoms with van der Waals surface area (Å²) in [6, 6.07) is 13.9. The zero-order chi connectivity index (χ0) is 21.9. The van der Waals surface area contributed by atoms with E-state index in [-0.39, 0.29) is 29.0 Å². The average Bonchev–Trinajstić information content (AvgIpc) is 3.08. The highest BCUT2D eigenvalue weighted by Gasteiger charge is 2.30. The molecular weight excluding hydrogens is 400 g/mol. The number of aromatic amines is 1. The highest BCUT2D eigenvalue weighted by atomic mass is 16.6. The quantitative estimate of drug-likeness (QED) is 0.387. The molecule has 3 heterocycles. The second-order valence-corrected chi connectivity index (χ2v) is 7.37. The lowest BCUT2D eigenvalue weighted by atomic mass is 10.00. The first-order valence-corrected chi connectivity index (χ1v) is 9.45. The van der Waals surface area contributed by atoms with Crippen LogP contribution in [0.5, 0.6) is 0 Å². The number of nitro benzene ring substituents is 1. The molecule has 0 atom stereocenters. The van der Waals surface area contributed by atoms with E-state index in [1.54, 1.807) is 19.3 Å². The maximum atomic E-state index is 12.8. The van der Waals surface area contributed by atoms with E-state index < -0.39 is 10.9 Å². The maximum absolute atomic E-state index is 12.8. The number of nitro groups is 1. The Hall–Kier alpha value is -4.40. The highest BCUT2D eigenvalue weighted by molar-refractivity contribution is 6.07. The van der Waals surface area contributed by atoms with Crippen molar-refractivity contribution in [3.8, 4) is 11.1 Å². The fraction of sp³-hybridized carbons (Fsp3) is 0.0909. The molecule has 1 aliphatic heterocycles. The molecule has 0 fully saturated rings. The Balaban J connectivity index is 1.95. The van der Waals surface area contributed by atoms with E-state index in [2.05, 4.69) is 4.98 Å². The standard InChI is InChI=1S/C22H16N4O5/c1-24-10-15-14-9-13(26(30)31)7-8-17(14)25(12-5-3-2-4-6-12)11-16-18(15)20(21(24)27)23-19(16)22(28)29/h2-10,23H,11H2,1H3,(H,28,29). The number of hydrogen-bond acceptors (Lipinski definition) is 5. The molecule has 154 valence electrons. The number of nitrogens with one attached hydrogen (secondary N) is 1. The molecule has 1 aliphatic rings. The van der Waals surface area contributed by atoms with Gasteiger partial charge >= 0.3 is 5.97 Å². The minimum Gasteiger partial charge on any atom is -0.477 e. The van der Waals surface area contributed by atoms with Gasteiger partial charge in [-0.2, -0.15) is 0 Å². The highest BCUT2D eigenvalue weighted by Crippen LogP contribution is 2.45. The van der Waals surface area contributed by atoms with E-state index in [1.165, 1.54) is 16.7 Å². The summed E-state index contributed by atoms with van der Waals surface area (Å²) in [6.07, 6.45) is 1.60. The van der Waals surface area contributed by atoms with Crippen LogP contribution >= 0.6 is 0 Å². The summed E-state index contributed by atoms with van der Waals surface area (Å²) >= 11 is 0. The molecule has 9 heteroatoms. The van der Waals surface area contributed by atoms with E-state index in [0.717, 1.165) is 5.69 Å². The maximum Gasteiger partial charge on any atom is 0.352 e. The number of carbonyl (C=O) groups is 1. The summed E-state index contributed by atoms with van der Waals surface area (Å²) in [5, 5.41) is 21.8. The molecule has 2 aromatic heterocycles. The Bertz CT molecular complexity index is 1450. The third-order valence-electron chi connectivity index (χ3n) is 5.60. The summed E-state index contributed by atoms with van der Waals surface area (Å²) in [4.78, 5) is 40.5. The van der Waals surface area contributed by atoms with E-state index in [1.807, 2.05) is 35.2 Å². The molecule has 2 N–H and O–H groups in total. The van der Waals surface area contributed by atoms with Crippen molar-refractivity contribution < 1.29 is 14.8 Å². The lowest BCUT2D eigenvalue weighted by Crippen LogP contribution is -2.18. The molecule has 2 aromatic carbocycles. The van der Waals surface area contributed by atoms with Crippen LogP contribution in [-0.2, 0) is 13.6 Å². The number of carboxylic acids is 1. The van der Waals surface area contributed by atoms with Crippen molar-refractivity contribution in [2.75, 3.05) is 4.90 Å². The Labute approximate surface area is 174 Å². The third kappa shape index (κ3) is 2.71. The van der Waals surface area contributed by atoms with Gasteiger partial charge in [-0.25, -0.2) is 4.79 Å². The van der Waals surface area contributed by atoms with E-state index >= 15 is 0 Å². The molecule has 5 rings (SSSR count). The van der Waals surface area contributed by atoms with Crippen LogP contribution in [0.15, 0.2) is 59.5 Å². The summed E-state index contributed by atoms with van der Waals surface area (Å²) in [7, 11) is 1.57. The first-order valence-electron chi connectivity index (χ1n) is 9.45. The minimum atomic E-state index is -1.18. The van der Waals surface area contributed by atoms with Gasteiger partial charge in [0, 0.05) is 58.8 Å². The van der Waals surface area contributed by atoms with Gasteiger partial charge in [-0.3, -0.25) is 14.9 Å². The largest absolute Gasteiger partial charge is 0.477 e. The van der Waals surface area contributed by atoms with Crippen molar-refractivity contribution in [3.05, 3.63) is 86.5 Å². The molecule has 31 heavy (non-hydrogen) atoms. The molecule has 0 unspecified atom stereocenters. The van der Waals surface area contributed by atoms with E-state index in [4.69, 9.17) is 0 Å². The van der Waals surface area contributed by atoms with Crippen LogP contribution < -0.4 is 10.5 Å². The third-order valence-corrected chi connectivity index (χ3v) is 5.60. The van der Waals surface area contributed by atoms with Gasteiger partial charge < -0.3 is 19.6 Å². The molecular formula is C22H16N4O5. The zero-order valence-electron chi connectivity index (χ0n) is 16.3. The van der Waals surface area contributed by atoms with Gasteiger partial charge in [0.05, 0.1) is 11.5 Å². The monoisotopic (exact) mass is 416 g/mol. The molecule has 0 radical (unpaired) electrons. The average molecular weight is 416 g/mol. The molecule has 0 aliphatic carbocycles. The first kappa shape index (κ1) is 18.6. The predicted octanol–water partition coefficient (Wildman–Crippen LogP) is 3.79. The number of nitrogens with zero attached hydrogens (tertiary/aromatic N) is 3. The van der Waals surface area contributed by atoms with Crippen LogP contribution in [-0.4, -0.2) is 25.6 Å². The van der Waals surface area contributed by atoms with Crippen LogP contribution in [0, 0.1) is 10.1 Å². The SMILES string of the molecule is Cn1cc2c3c(c(C(=O)O)[nH]c3c1=O)CN(c1ccccc1)c1ccc([N+](=O)[O-])cc1-2. The number of H-pyrrole nitrogens is 1. The first-order chi connectivity index (χ1) is 14.9. The van der Waals surface area contributed by atoms with Crippen molar-refractivity contribution in [1.29, 1.82) is 0 Å². The number of aromatic nitrogens is 2. The molecule has 0 bridgehead atoms. The van der Waals surface area contributed by atoms with Crippen molar-refractivity contribution in [2.45, 2.75) is 6.54 Å². The number of aryl methyl sites for hydroxylation is 1. The Kier molecular flexibility index (Phi) is 3.94. The normalized spacial score (nSPS) is 12.5. The number of benzene rings is 2. The van der Waals surface area contributed by atoms with Gasteiger partial charge in [0.25, 0.3) is 11.2 Å². The lowest BCUT2D eigenvalue weighted by molar-refractivity contribution is -0.384. The predicted molar refractivity (Wildman–Crippen MR) is 115 cm³/mol. The number of hydrogen-bond donors (Lipinski definition) is 2. The van der Waals surface area contributed by atoms with Crippen molar-refractivity contribution >= 4 is 33.9 Å². The number of aromatic carboxylic acids is 1. The fourth-order valence-corrected chi connectivity index (χ4v) is 4.20. The van der Waals surface area contributed by atoms with Gasteiger partial charge in [0.15, 0.2) is 0 Å². The van der Waals surface area contributed by atoms with Gasteiger partial charge in [-0.1, -0.05) is 18.2 Å². The number of fused-ring (bicyclic) bond motifs is 2. The molecule has 0 spiro atoms. The number of non-ortho nitro benzene ring substituents is 1. The Morgan fingerprint density at radius 2 is 1.90 bits per heavy atom. The topological polar surface area (TPSA) is 121 Å². The Morgan fingerprint density at radius 1 is 1.16 bits per heavy atom. The van der Waals surface area contributed by atoms with E-state index in [0.29, 0.717) is 27.8 Å². The number of para-hydroxylation sites is 1. The number of carboxylic acid groups (broad SMARTS) is 1. The number of pyridine rings is 1. The number of rotatable bonds is 3. The molecule has 0 amide bonds. The van der Waals surface area contributed by atoms with Crippen LogP contribution in [0.3, 0.4) is 0 Å². The van der Waals surface area contributed by atoms with Crippen molar-refractivity contribution in [2.24, 2.45) is 7.05 Å². The molecule has 4 aromatic rings. The summed E-state index contributed by atoms with van der Waals surface area (Å²) in [5.41, 5.74) is 2.69. The summed E-state index contributed by atoms with van der Waals surface area (Å²) < 4.78 is 1.35. The van der Waals surface area contributed by atoms with Crippen molar-refractivity contribution in [3.63, 3.8) is 0 Å². The van der Waals surface area contributed by atoms with Crippen molar-refractivity contribution in [1.82, 2.24) is 9.55 Å². The lowest BCUT2D eigenvalue weighted by Gasteiger charge is -2.25. The van der Waals surface area contributed by atoms with Crippen LogP contribution in [0.1, 0.15) is 16.1 Å². The van der Waals surface area contributed by atoms with Gasteiger partial charge in [-0.05, 0) is 18.2 Å². The molecule has 9 nitrogen and oxygen atoms in total. The zero-order valence-corrected chi connectivity index (χ0v) is 16.3. The van der Waals surface area contributed by atoms with Crippen LogP contribution in [0.4, 0.5) is 17.1 Å². The fourth-order valence-electron chi connectivity index (χ4n) is 4.20. The van der Waals surface area contributed by atoms with Gasteiger partial charge in [-0.15, -0.1) is 0 Å². The van der Waals surface area contributed by atoms with Gasteiger partial charge in [0.1, 0.15) is 11.2 Å². The summed E-state index contributed by atoms with van der Waals surface area (Å²) in [6.45, 7) is 0.177. The Morgan fingerprint density at radius 3 is 2.58 bits per heavy atom. The number of anilines is 2. The smallest absolute Gasteiger partial charge is 0.352 e. The second kappa shape index (κ2) is 6.56. The van der Waals surface area contributed by atoms with Gasteiger partial charge in [0.2, 0.25) is 0 Å².